The van der Waals surface area contributed by atoms with Gasteiger partial charge in [0.25, 0.3) is 0 Å². The van der Waals surface area contributed by atoms with E-state index in [0.29, 0.717) is 6.04 Å². The van der Waals surface area contributed by atoms with E-state index in [1.807, 2.05) is 11.0 Å². The monoisotopic (exact) mass is 220 g/mol. The van der Waals surface area contributed by atoms with Gasteiger partial charge in [-0.3, -0.25) is 4.79 Å². The van der Waals surface area contributed by atoms with Gasteiger partial charge >= 0.3 is 0 Å². The maximum Gasteiger partial charge on any atom is 0.219 e. The van der Waals surface area contributed by atoms with Gasteiger partial charge in [-0.1, -0.05) is 0 Å². The third-order valence-electron chi connectivity index (χ3n) is 2.87. The standard InChI is InChI=1S/C11H16N4O/c1-9(16)15-6-3-10(4-7-15)14-11-2-5-12-8-13-11/h2,5,8,10H,3-4,6-7H2,1H3,(H,12,13,14). The summed E-state index contributed by atoms with van der Waals surface area (Å²) in [6.45, 7) is 3.29. The van der Waals surface area contributed by atoms with Gasteiger partial charge in [-0.2, -0.15) is 0 Å². The highest BCUT2D eigenvalue weighted by Gasteiger charge is 2.20. The molecule has 1 saturated heterocycles. The van der Waals surface area contributed by atoms with Crippen molar-refractivity contribution in [1.82, 2.24) is 14.9 Å². The number of nitrogens with one attached hydrogen (secondary N) is 1. The van der Waals surface area contributed by atoms with Crippen molar-refractivity contribution < 1.29 is 4.79 Å². The number of carbonyl (C=O) groups excluding carboxylic acids is 1. The van der Waals surface area contributed by atoms with E-state index < -0.39 is 0 Å². The molecule has 1 aromatic rings. The molecule has 0 atom stereocenters. The van der Waals surface area contributed by atoms with Crippen LogP contribution in [0.3, 0.4) is 0 Å². The van der Waals surface area contributed by atoms with Crippen molar-refractivity contribution in [1.29, 1.82) is 0 Å². The summed E-state index contributed by atoms with van der Waals surface area (Å²) in [4.78, 5) is 21.0. The van der Waals surface area contributed by atoms with Gasteiger partial charge in [0.15, 0.2) is 0 Å². The van der Waals surface area contributed by atoms with E-state index in [1.54, 1.807) is 13.1 Å². The van der Waals surface area contributed by atoms with Crippen LogP contribution in [0.2, 0.25) is 0 Å². The third-order valence-corrected chi connectivity index (χ3v) is 2.87. The first-order valence-corrected chi connectivity index (χ1v) is 5.54. The van der Waals surface area contributed by atoms with Gasteiger partial charge in [-0.05, 0) is 18.9 Å². The molecule has 2 rings (SSSR count). The predicted molar refractivity (Wildman–Crippen MR) is 60.9 cm³/mol. The molecular formula is C11H16N4O. The highest BCUT2D eigenvalue weighted by Crippen LogP contribution is 2.14. The maximum atomic E-state index is 11.1. The highest BCUT2D eigenvalue weighted by atomic mass is 16.2. The lowest BCUT2D eigenvalue weighted by Gasteiger charge is -2.31. The summed E-state index contributed by atoms with van der Waals surface area (Å²) in [5, 5.41) is 3.35. The Morgan fingerprint density at radius 2 is 2.25 bits per heavy atom. The number of piperidine rings is 1. The Labute approximate surface area is 94.9 Å². The molecule has 86 valence electrons. The molecule has 1 fully saturated rings. The van der Waals surface area contributed by atoms with Crippen LogP contribution in [0.15, 0.2) is 18.6 Å². The lowest BCUT2D eigenvalue weighted by atomic mass is 10.1. The zero-order chi connectivity index (χ0) is 11.4. The number of amides is 1. The van der Waals surface area contributed by atoms with Crippen molar-refractivity contribution in [3.05, 3.63) is 18.6 Å². The Kier molecular flexibility index (Phi) is 3.34. The number of carbonyl (C=O) groups is 1. The van der Waals surface area contributed by atoms with Crippen LogP contribution >= 0.6 is 0 Å². The summed E-state index contributed by atoms with van der Waals surface area (Å²) in [6, 6.07) is 2.27. The van der Waals surface area contributed by atoms with Crippen LogP contribution in [0.1, 0.15) is 19.8 Å². The van der Waals surface area contributed by atoms with Gasteiger partial charge in [0.1, 0.15) is 12.1 Å². The summed E-state index contributed by atoms with van der Waals surface area (Å²) >= 11 is 0. The van der Waals surface area contributed by atoms with Gasteiger partial charge in [0.2, 0.25) is 5.91 Å². The number of rotatable bonds is 2. The Morgan fingerprint density at radius 3 is 2.81 bits per heavy atom. The molecule has 0 aromatic carbocycles. The second-order valence-corrected chi connectivity index (χ2v) is 4.02. The number of hydrogen-bond acceptors (Lipinski definition) is 4. The SMILES string of the molecule is CC(=O)N1CCC(Nc2ccncn2)CC1. The zero-order valence-electron chi connectivity index (χ0n) is 9.39. The molecule has 5 nitrogen and oxygen atoms in total. The quantitative estimate of drug-likeness (QED) is 0.804. The molecule has 16 heavy (non-hydrogen) atoms. The van der Waals surface area contributed by atoms with Crippen LogP contribution in [0, 0.1) is 0 Å². The molecule has 0 aliphatic carbocycles. The predicted octanol–water partition coefficient (Wildman–Crippen LogP) is 0.899. The topological polar surface area (TPSA) is 58.1 Å². The number of hydrogen-bond donors (Lipinski definition) is 1. The molecule has 1 aromatic heterocycles. The molecule has 5 heteroatoms. The Morgan fingerprint density at radius 1 is 1.50 bits per heavy atom. The van der Waals surface area contributed by atoms with Crippen molar-refractivity contribution >= 4 is 11.7 Å². The van der Waals surface area contributed by atoms with Crippen LogP contribution in [0.25, 0.3) is 0 Å². The van der Waals surface area contributed by atoms with Gasteiger partial charge < -0.3 is 10.2 Å². The Bertz CT molecular complexity index is 346. The van der Waals surface area contributed by atoms with Crippen LogP contribution in [-0.4, -0.2) is 39.9 Å². The smallest absolute Gasteiger partial charge is 0.219 e. The van der Waals surface area contributed by atoms with Crippen molar-refractivity contribution in [2.75, 3.05) is 18.4 Å². The van der Waals surface area contributed by atoms with E-state index in [9.17, 15) is 4.79 Å². The van der Waals surface area contributed by atoms with E-state index in [4.69, 9.17) is 0 Å². The summed E-state index contributed by atoms with van der Waals surface area (Å²) < 4.78 is 0. The number of anilines is 1. The largest absolute Gasteiger partial charge is 0.367 e. The molecule has 0 radical (unpaired) electrons. The highest BCUT2D eigenvalue weighted by molar-refractivity contribution is 5.73. The molecule has 1 amide bonds. The fraction of sp³-hybridized carbons (Fsp3) is 0.545. The fourth-order valence-corrected chi connectivity index (χ4v) is 1.92. The minimum absolute atomic E-state index is 0.167. The normalized spacial score (nSPS) is 17.2. The van der Waals surface area contributed by atoms with E-state index in [1.165, 1.54) is 6.33 Å². The van der Waals surface area contributed by atoms with Crippen LogP contribution in [0.4, 0.5) is 5.82 Å². The van der Waals surface area contributed by atoms with Crippen molar-refractivity contribution in [2.24, 2.45) is 0 Å². The molecule has 0 spiro atoms. The summed E-state index contributed by atoms with van der Waals surface area (Å²) in [5.41, 5.74) is 0. The lowest BCUT2D eigenvalue weighted by Crippen LogP contribution is -2.41. The molecule has 2 heterocycles. The Hall–Kier alpha value is -1.65. The van der Waals surface area contributed by atoms with Crippen molar-refractivity contribution in [2.45, 2.75) is 25.8 Å². The number of aromatic nitrogens is 2. The molecular weight excluding hydrogens is 204 g/mol. The average Bonchev–Trinajstić information content (AvgIpc) is 2.31. The second-order valence-electron chi connectivity index (χ2n) is 4.02. The first-order chi connectivity index (χ1) is 7.75. The Balaban J connectivity index is 1.84. The third kappa shape index (κ3) is 2.68. The molecule has 1 aliphatic heterocycles. The van der Waals surface area contributed by atoms with Crippen LogP contribution in [-0.2, 0) is 4.79 Å². The maximum absolute atomic E-state index is 11.1. The first kappa shape index (κ1) is 10.9. The van der Waals surface area contributed by atoms with E-state index in [0.717, 1.165) is 31.7 Å². The minimum Gasteiger partial charge on any atom is -0.367 e. The number of likely N-dealkylation sites (tertiary alicyclic amines) is 1. The molecule has 0 saturated carbocycles. The zero-order valence-corrected chi connectivity index (χ0v) is 9.39. The first-order valence-electron chi connectivity index (χ1n) is 5.54. The van der Waals surface area contributed by atoms with Gasteiger partial charge in [0, 0.05) is 32.3 Å². The molecule has 1 aliphatic rings. The van der Waals surface area contributed by atoms with E-state index in [2.05, 4.69) is 15.3 Å². The van der Waals surface area contributed by atoms with E-state index >= 15 is 0 Å². The fourth-order valence-electron chi connectivity index (χ4n) is 1.92. The summed E-state index contributed by atoms with van der Waals surface area (Å²) in [6.07, 6.45) is 5.21. The average molecular weight is 220 g/mol. The minimum atomic E-state index is 0.167. The van der Waals surface area contributed by atoms with Crippen molar-refractivity contribution in [3.8, 4) is 0 Å². The van der Waals surface area contributed by atoms with Crippen LogP contribution in [0.5, 0.6) is 0 Å². The lowest BCUT2D eigenvalue weighted by molar-refractivity contribution is -0.129. The van der Waals surface area contributed by atoms with Crippen LogP contribution < -0.4 is 5.32 Å². The van der Waals surface area contributed by atoms with E-state index in [-0.39, 0.29) is 5.91 Å². The second kappa shape index (κ2) is 4.92. The van der Waals surface area contributed by atoms with Gasteiger partial charge in [-0.15, -0.1) is 0 Å². The molecule has 0 bridgehead atoms. The van der Waals surface area contributed by atoms with Crippen molar-refractivity contribution in [3.63, 3.8) is 0 Å². The van der Waals surface area contributed by atoms with Gasteiger partial charge in [-0.25, -0.2) is 9.97 Å². The van der Waals surface area contributed by atoms with Gasteiger partial charge in [0.05, 0.1) is 0 Å². The molecule has 1 N–H and O–H groups in total. The molecule has 0 unspecified atom stereocenters. The summed E-state index contributed by atoms with van der Waals surface area (Å²) in [7, 11) is 0. The number of nitrogens with zero attached hydrogens (tertiary/aromatic N) is 3. The summed E-state index contributed by atoms with van der Waals surface area (Å²) in [5.74, 6) is 1.02.